The highest BCUT2D eigenvalue weighted by Gasteiger charge is 2.52. The summed E-state index contributed by atoms with van der Waals surface area (Å²) in [6, 6.07) is 0. The van der Waals surface area contributed by atoms with Crippen LogP contribution in [0.5, 0.6) is 0 Å². The standard InChI is InChI=1S/C13H21N3O3S2/c1-21(17,18)15-4-2-11-3-6-19-13(11)9-16(10-13)8-12-14-5-7-20-12/h5,7,11,15H,2-4,6,8-10H2,1H3/t11-/m0/s1. The summed E-state index contributed by atoms with van der Waals surface area (Å²) in [4.78, 5) is 6.66. The first-order chi connectivity index (χ1) is 9.97. The normalized spacial score (nSPS) is 25.3. The average molecular weight is 331 g/mol. The molecule has 0 bridgehead atoms. The molecule has 21 heavy (non-hydrogen) atoms. The van der Waals surface area contributed by atoms with Crippen LogP contribution in [0.25, 0.3) is 0 Å². The summed E-state index contributed by atoms with van der Waals surface area (Å²) in [5, 5.41) is 3.13. The van der Waals surface area contributed by atoms with E-state index in [9.17, 15) is 8.42 Å². The summed E-state index contributed by atoms with van der Waals surface area (Å²) in [6.45, 7) is 4.03. The minimum absolute atomic E-state index is 0.0591. The lowest BCUT2D eigenvalue weighted by Crippen LogP contribution is -2.64. The molecule has 3 heterocycles. The number of thiazole rings is 1. The first kappa shape index (κ1) is 15.4. The van der Waals surface area contributed by atoms with Gasteiger partial charge in [0.25, 0.3) is 0 Å². The molecule has 1 aromatic heterocycles. The Bertz CT molecular complexity index is 567. The van der Waals surface area contributed by atoms with E-state index >= 15 is 0 Å². The Morgan fingerprint density at radius 2 is 2.38 bits per heavy atom. The summed E-state index contributed by atoms with van der Waals surface area (Å²) in [5.74, 6) is 0.444. The highest BCUT2D eigenvalue weighted by molar-refractivity contribution is 7.88. The van der Waals surface area contributed by atoms with E-state index in [0.29, 0.717) is 12.5 Å². The van der Waals surface area contributed by atoms with E-state index in [1.807, 2.05) is 11.6 Å². The molecule has 0 radical (unpaired) electrons. The van der Waals surface area contributed by atoms with E-state index in [1.54, 1.807) is 11.3 Å². The number of rotatable bonds is 6. The fourth-order valence-electron chi connectivity index (χ4n) is 3.31. The minimum atomic E-state index is -3.09. The molecule has 1 spiro atoms. The second kappa shape index (κ2) is 5.92. The van der Waals surface area contributed by atoms with Gasteiger partial charge < -0.3 is 4.74 Å². The Kier molecular flexibility index (Phi) is 4.33. The lowest BCUT2D eigenvalue weighted by molar-refractivity contribution is -0.136. The number of nitrogens with zero attached hydrogens (tertiary/aromatic N) is 2. The molecule has 8 heteroatoms. The zero-order chi connectivity index (χ0) is 14.9. The van der Waals surface area contributed by atoms with Gasteiger partial charge in [-0.2, -0.15) is 0 Å². The molecule has 0 unspecified atom stereocenters. The van der Waals surface area contributed by atoms with Crippen molar-refractivity contribution in [1.82, 2.24) is 14.6 Å². The van der Waals surface area contributed by atoms with Gasteiger partial charge in [0.05, 0.1) is 18.4 Å². The van der Waals surface area contributed by atoms with Gasteiger partial charge >= 0.3 is 0 Å². The smallest absolute Gasteiger partial charge is 0.208 e. The van der Waals surface area contributed by atoms with Crippen molar-refractivity contribution < 1.29 is 13.2 Å². The van der Waals surface area contributed by atoms with Crippen LogP contribution in [0.2, 0.25) is 0 Å². The molecule has 1 atom stereocenters. The molecular weight excluding hydrogens is 310 g/mol. The van der Waals surface area contributed by atoms with Crippen LogP contribution in [-0.4, -0.2) is 56.4 Å². The Hall–Kier alpha value is -0.540. The number of hydrogen-bond acceptors (Lipinski definition) is 6. The number of nitrogens with one attached hydrogen (secondary N) is 1. The van der Waals surface area contributed by atoms with Crippen LogP contribution in [0.15, 0.2) is 11.6 Å². The number of aromatic nitrogens is 1. The SMILES string of the molecule is CS(=O)(=O)NCC[C@H]1CCOC12CN(Cc1nccs1)C2. The largest absolute Gasteiger partial charge is 0.372 e. The molecule has 0 saturated carbocycles. The highest BCUT2D eigenvalue weighted by Crippen LogP contribution is 2.42. The predicted octanol–water partition coefficient (Wildman–Crippen LogP) is 0.673. The maximum absolute atomic E-state index is 11.1. The van der Waals surface area contributed by atoms with Crippen LogP contribution in [0.1, 0.15) is 17.8 Å². The van der Waals surface area contributed by atoms with E-state index in [-0.39, 0.29) is 5.60 Å². The van der Waals surface area contributed by atoms with E-state index in [0.717, 1.165) is 44.1 Å². The molecule has 118 valence electrons. The Morgan fingerprint density at radius 3 is 3.05 bits per heavy atom. The van der Waals surface area contributed by atoms with Crippen LogP contribution < -0.4 is 4.72 Å². The zero-order valence-electron chi connectivity index (χ0n) is 12.1. The zero-order valence-corrected chi connectivity index (χ0v) is 13.8. The van der Waals surface area contributed by atoms with E-state index in [1.165, 1.54) is 6.26 Å². The lowest BCUT2D eigenvalue weighted by atomic mass is 9.79. The fraction of sp³-hybridized carbons (Fsp3) is 0.769. The van der Waals surface area contributed by atoms with Gasteiger partial charge in [-0.05, 0) is 18.8 Å². The maximum Gasteiger partial charge on any atom is 0.208 e. The van der Waals surface area contributed by atoms with Gasteiger partial charge in [-0.3, -0.25) is 4.90 Å². The summed E-state index contributed by atoms with van der Waals surface area (Å²) < 4.78 is 30.8. The Balaban J connectivity index is 1.49. The van der Waals surface area contributed by atoms with Crippen molar-refractivity contribution in [3.8, 4) is 0 Å². The second-order valence-electron chi connectivity index (χ2n) is 5.93. The molecule has 0 aliphatic carbocycles. The van der Waals surface area contributed by atoms with Crippen LogP contribution in [0.3, 0.4) is 0 Å². The van der Waals surface area contributed by atoms with Gasteiger partial charge in [-0.15, -0.1) is 11.3 Å². The third-order valence-corrected chi connectivity index (χ3v) is 5.77. The van der Waals surface area contributed by atoms with E-state index in [4.69, 9.17) is 4.74 Å². The molecule has 0 aromatic carbocycles. The van der Waals surface area contributed by atoms with Gasteiger partial charge in [0, 0.05) is 37.8 Å². The molecule has 3 rings (SSSR count). The molecule has 2 aliphatic heterocycles. The molecular formula is C13H21N3O3S2. The monoisotopic (exact) mass is 331 g/mol. The van der Waals surface area contributed by atoms with Gasteiger partial charge in [0.15, 0.2) is 0 Å². The van der Waals surface area contributed by atoms with Crippen molar-refractivity contribution in [3.05, 3.63) is 16.6 Å². The van der Waals surface area contributed by atoms with Crippen molar-refractivity contribution in [2.75, 3.05) is 32.5 Å². The van der Waals surface area contributed by atoms with Gasteiger partial charge in [-0.1, -0.05) is 0 Å². The van der Waals surface area contributed by atoms with Gasteiger partial charge in [0.1, 0.15) is 5.01 Å². The maximum atomic E-state index is 11.1. The second-order valence-corrected chi connectivity index (χ2v) is 8.74. The summed E-state index contributed by atoms with van der Waals surface area (Å²) >= 11 is 1.68. The van der Waals surface area contributed by atoms with E-state index < -0.39 is 10.0 Å². The molecule has 0 amide bonds. The molecule has 2 aliphatic rings. The molecule has 1 aromatic rings. The summed E-state index contributed by atoms with van der Waals surface area (Å²) in [7, 11) is -3.09. The summed E-state index contributed by atoms with van der Waals surface area (Å²) in [5.41, 5.74) is -0.0591. The Labute approximate surface area is 129 Å². The minimum Gasteiger partial charge on any atom is -0.372 e. The van der Waals surface area contributed by atoms with Crippen molar-refractivity contribution in [2.24, 2.45) is 5.92 Å². The Morgan fingerprint density at radius 1 is 1.57 bits per heavy atom. The summed E-state index contributed by atoms with van der Waals surface area (Å²) in [6.07, 6.45) is 4.91. The topological polar surface area (TPSA) is 71.5 Å². The number of hydrogen-bond donors (Lipinski definition) is 1. The molecule has 1 N–H and O–H groups in total. The molecule has 2 fully saturated rings. The third kappa shape index (κ3) is 3.62. The van der Waals surface area contributed by atoms with Crippen LogP contribution in [0, 0.1) is 5.92 Å². The van der Waals surface area contributed by atoms with Crippen LogP contribution in [0.4, 0.5) is 0 Å². The van der Waals surface area contributed by atoms with Crippen molar-refractivity contribution >= 4 is 21.4 Å². The average Bonchev–Trinajstić information content (AvgIpc) is 2.97. The van der Waals surface area contributed by atoms with Crippen molar-refractivity contribution in [3.63, 3.8) is 0 Å². The predicted molar refractivity (Wildman–Crippen MR) is 81.6 cm³/mol. The van der Waals surface area contributed by atoms with Gasteiger partial charge in [-0.25, -0.2) is 18.1 Å². The fourth-order valence-corrected chi connectivity index (χ4v) is 4.45. The van der Waals surface area contributed by atoms with Gasteiger partial charge in [0.2, 0.25) is 10.0 Å². The molecule has 2 saturated heterocycles. The van der Waals surface area contributed by atoms with Crippen LogP contribution in [-0.2, 0) is 21.3 Å². The first-order valence-corrected chi connectivity index (χ1v) is 9.93. The van der Waals surface area contributed by atoms with Crippen LogP contribution >= 0.6 is 11.3 Å². The molecule has 6 nitrogen and oxygen atoms in total. The van der Waals surface area contributed by atoms with Crippen molar-refractivity contribution in [2.45, 2.75) is 25.0 Å². The van der Waals surface area contributed by atoms with E-state index in [2.05, 4.69) is 14.6 Å². The number of sulfonamides is 1. The number of likely N-dealkylation sites (tertiary alicyclic amines) is 1. The lowest BCUT2D eigenvalue weighted by Gasteiger charge is -2.50. The highest BCUT2D eigenvalue weighted by atomic mass is 32.2. The quantitative estimate of drug-likeness (QED) is 0.830. The van der Waals surface area contributed by atoms with Crippen molar-refractivity contribution in [1.29, 1.82) is 0 Å². The first-order valence-electron chi connectivity index (χ1n) is 7.16. The third-order valence-electron chi connectivity index (χ3n) is 4.28. The number of ether oxygens (including phenoxy) is 1.